The summed E-state index contributed by atoms with van der Waals surface area (Å²) in [5, 5.41) is 16.4. The van der Waals surface area contributed by atoms with Crippen LogP contribution in [0.3, 0.4) is 0 Å². The van der Waals surface area contributed by atoms with Gasteiger partial charge >= 0.3 is 0 Å². The molecule has 0 aliphatic heterocycles. The van der Waals surface area contributed by atoms with Crippen LogP contribution in [0.5, 0.6) is 0 Å². The minimum absolute atomic E-state index is 0.000640. The van der Waals surface area contributed by atoms with Crippen LogP contribution in [-0.2, 0) is 11.3 Å². The minimum Gasteiger partial charge on any atom is -0.378 e. The monoisotopic (exact) mass is 379 g/mol. The molecule has 1 heterocycles. The van der Waals surface area contributed by atoms with Crippen molar-refractivity contribution in [3.05, 3.63) is 70.5 Å². The molecule has 0 aliphatic carbocycles. The number of rotatable bonds is 5. The van der Waals surface area contributed by atoms with Crippen molar-refractivity contribution in [1.29, 1.82) is 0 Å². The molecule has 0 fully saturated rings. The topological polar surface area (TPSA) is 88.3 Å². The Morgan fingerprint density at radius 3 is 2.50 bits per heavy atom. The summed E-state index contributed by atoms with van der Waals surface area (Å²) < 4.78 is 32.2. The Morgan fingerprint density at radius 2 is 1.85 bits per heavy atom. The summed E-state index contributed by atoms with van der Waals surface area (Å²) in [4.78, 5) is 15.8. The summed E-state index contributed by atoms with van der Waals surface area (Å²) in [6.45, 7) is -0.191. The van der Waals surface area contributed by atoms with Crippen LogP contribution in [0.15, 0.2) is 47.0 Å². The molecule has 0 unspecified atom stereocenters. The van der Waals surface area contributed by atoms with Gasteiger partial charge in [-0.2, -0.15) is 4.98 Å². The van der Waals surface area contributed by atoms with Gasteiger partial charge in [0.1, 0.15) is 17.2 Å². The molecule has 0 saturated heterocycles. The van der Waals surface area contributed by atoms with Gasteiger partial charge in [0.15, 0.2) is 11.9 Å². The first kappa shape index (κ1) is 18.0. The van der Waals surface area contributed by atoms with E-state index in [9.17, 15) is 18.7 Å². The Bertz CT molecular complexity index is 911. The lowest BCUT2D eigenvalue weighted by molar-refractivity contribution is -0.129. The molecule has 2 N–H and O–H groups in total. The Labute approximate surface area is 151 Å². The molecule has 0 bridgehead atoms. The molecule has 1 amide bonds. The highest BCUT2D eigenvalue weighted by molar-refractivity contribution is 6.30. The van der Waals surface area contributed by atoms with E-state index in [-0.39, 0.29) is 18.3 Å². The molecule has 0 saturated carbocycles. The highest BCUT2D eigenvalue weighted by Gasteiger charge is 2.20. The minimum atomic E-state index is -1.41. The van der Waals surface area contributed by atoms with Crippen LogP contribution in [0.2, 0.25) is 5.02 Å². The quantitative estimate of drug-likeness (QED) is 0.711. The number of aliphatic hydroxyl groups excluding tert-OH is 1. The Kier molecular flexibility index (Phi) is 5.24. The molecular weight excluding hydrogens is 368 g/mol. The van der Waals surface area contributed by atoms with Crippen LogP contribution in [0.1, 0.15) is 17.5 Å². The fourth-order valence-electron chi connectivity index (χ4n) is 2.19. The zero-order chi connectivity index (χ0) is 18.7. The number of amides is 1. The molecular formula is C17H12ClF2N3O3. The Balaban J connectivity index is 1.66. The zero-order valence-electron chi connectivity index (χ0n) is 13.1. The summed E-state index contributed by atoms with van der Waals surface area (Å²) in [6.07, 6.45) is -1.41. The third-order valence-electron chi connectivity index (χ3n) is 3.50. The van der Waals surface area contributed by atoms with E-state index < -0.39 is 29.2 Å². The number of halogens is 3. The second-order valence-corrected chi connectivity index (χ2v) is 5.72. The average Bonchev–Trinajstić information content (AvgIpc) is 3.08. The lowest BCUT2D eigenvalue weighted by Gasteiger charge is -2.10. The molecule has 3 aromatic rings. The predicted molar refractivity (Wildman–Crippen MR) is 87.9 cm³/mol. The van der Waals surface area contributed by atoms with Crippen LogP contribution in [0, 0.1) is 11.6 Å². The van der Waals surface area contributed by atoms with Gasteiger partial charge in [0, 0.05) is 5.02 Å². The number of aromatic nitrogens is 2. The van der Waals surface area contributed by atoms with Crippen molar-refractivity contribution in [2.45, 2.75) is 12.6 Å². The van der Waals surface area contributed by atoms with Crippen molar-refractivity contribution >= 4 is 17.5 Å². The summed E-state index contributed by atoms with van der Waals surface area (Å²) in [5.41, 5.74) is -0.0899. The molecule has 134 valence electrons. The van der Waals surface area contributed by atoms with E-state index in [0.29, 0.717) is 10.6 Å². The van der Waals surface area contributed by atoms with E-state index in [1.54, 1.807) is 12.1 Å². The summed E-state index contributed by atoms with van der Waals surface area (Å²) >= 11 is 5.75. The first-order valence-electron chi connectivity index (χ1n) is 7.44. The van der Waals surface area contributed by atoms with Crippen molar-refractivity contribution in [3.63, 3.8) is 0 Å². The Hall–Kier alpha value is -2.84. The van der Waals surface area contributed by atoms with Gasteiger partial charge < -0.3 is 14.9 Å². The fourth-order valence-corrected chi connectivity index (χ4v) is 2.31. The number of nitrogens with one attached hydrogen (secondary N) is 1. The van der Waals surface area contributed by atoms with Gasteiger partial charge in [0.25, 0.3) is 11.8 Å². The predicted octanol–water partition coefficient (Wildman–Crippen LogP) is 3.02. The van der Waals surface area contributed by atoms with Gasteiger partial charge in [0.05, 0.1) is 6.54 Å². The van der Waals surface area contributed by atoms with Crippen molar-refractivity contribution in [2.24, 2.45) is 0 Å². The molecule has 0 spiro atoms. The smallest absolute Gasteiger partial charge is 0.263 e. The highest BCUT2D eigenvalue weighted by atomic mass is 35.5. The normalized spacial score (nSPS) is 12.0. The number of nitrogens with zero attached hydrogens (tertiary/aromatic N) is 2. The zero-order valence-corrected chi connectivity index (χ0v) is 13.9. The number of carbonyl (C=O) groups is 1. The molecule has 0 radical (unpaired) electrons. The maximum absolute atomic E-state index is 13.7. The van der Waals surface area contributed by atoms with Crippen LogP contribution in [-0.4, -0.2) is 21.2 Å². The molecule has 1 atom stereocenters. The van der Waals surface area contributed by atoms with E-state index in [1.165, 1.54) is 18.2 Å². The lowest BCUT2D eigenvalue weighted by Crippen LogP contribution is -2.29. The molecule has 2 aromatic carbocycles. The van der Waals surface area contributed by atoms with E-state index in [2.05, 4.69) is 15.5 Å². The van der Waals surface area contributed by atoms with Crippen LogP contribution < -0.4 is 5.32 Å². The number of benzene rings is 2. The third kappa shape index (κ3) is 3.87. The number of carbonyl (C=O) groups excluding carboxylic acids is 1. The van der Waals surface area contributed by atoms with Crippen LogP contribution in [0.4, 0.5) is 8.78 Å². The molecule has 3 rings (SSSR count). The van der Waals surface area contributed by atoms with Crippen molar-refractivity contribution < 1.29 is 23.2 Å². The fraction of sp³-hybridized carbons (Fsp3) is 0.118. The maximum Gasteiger partial charge on any atom is 0.263 e. The maximum atomic E-state index is 13.7. The molecule has 6 nitrogen and oxygen atoms in total. The average molecular weight is 380 g/mol. The largest absolute Gasteiger partial charge is 0.378 e. The van der Waals surface area contributed by atoms with E-state index in [4.69, 9.17) is 16.1 Å². The lowest BCUT2D eigenvalue weighted by atomic mass is 10.1. The molecule has 0 aliphatic rings. The molecule has 1 aromatic heterocycles. The summed E-state index contributed by atoms with van der Waals surface area (Å²) in [6, 6.07) is 9.45. The number of hydrogen-bond acceptors (Lipinski definition) is 5. The third-order valence-corrected chi connectivity index (χ3v) is 3.75. The van der Waals surface area contributed by atoms with Crippen LogP contribution >= 0.6 is 11.6 Å². The van der Waals surface area contributed by atoms with Gasteiger partial charge in [-0.25, -0.2) is 8.78 Å². The van der Waals surface area contributed by atoms with Gasteiger partial charge in [-0.1, -0.05) is 35.0 Å². The van der Waals surface area contributed by atoms with E-state index in [0.717, 1.165) is 12.1 Å². The summed E-state index contributed by atoms with van der Waals surface area (Å²) in [7, 11) is 0. The standard InChI is InChI=1S/C17H12ClF2N3O3/c18-10-6-4-9(5-7-10)15(24)16(25)21-8-13-22-17(26-23-13)14-11(19)2-1-3-12(14)20/h1-7,15,24H,8H2,(H,21,25)/t15-/m1/s1. The first-order valence-corrected chi connectivity index (χ1v) is 7.81. The van der Waals surface area contributed by atoms with Crippen LogP contribution in [0.25, 0.3) is 11.5 Å². The molecule has 9 heteroatoms. The van der Waals surface area contributed by atoms with Gasteiger partial charge in [0.2, 0.25) is 0 Å². The second kappa shape index (κ2) is 7.59. The van der Waals surface area contributed by atoms with Crippen molar-refractivity contribution in [3.8, 4) is 11.5 Å². The highest BCUT2D eigenvalue weighted by Crippen LogP contribution is 2.24. The van der Waals surface area contributed by atoms with Gasteiger partial charge in [-0.05, 0) is 29.8 Å². The first-order chi connectivity index (χ1) is 12.5. The second-order valence-electron chi connectivity index (χ2n) is 5.28. The SMILES string of the molecule is O=C(NCc1noc(-c2c(F)cccc2F)n1)[C@H](O)c1ccc(Cl)cc1. The van der Waals surface area contributed by atoms with Crippen molar-refractivity contribution in [2.75, 3.05) is 0 Å². The number of aliphatic hydroxyl groups is 1. The Morgan fingerprint density at radius 1 is 1.19 bits per heavy atom. The van der Waals surface area contributed by atoms with E-state index >= 15 is 0 Å². The number of hydrogen-bond donors (Lipinski definition) is 2. The summed E-state index contributed by atoms with van der Waals surface area (Å²) in [5.74, 6) is -2.73. The van der Waals surface area contributed by atoms with E-state index in [1.807, 2.05) is 0 Å². The van der Waals surface area contributed by atoms with Crippen molar-refractivity contribution in [1.82, 2.24) is 15.5 Å². The molecule has 26 heavy (non-hydrogen) atoms. The van der Waals surface area contributed by atoms with Gasteiger partial charge in [-0.15, -0.1) is 0 Å². The van der Waals surface area contributed by atoms with Gasteiger partial charge in [-0.3, -0.25) is 4.79 Å².